The van der Waals surface area contributed by atoms with Gasteiger partial charge in [0.15, 0.2) is 18.2 Å². The number of ether oxygens (including phenoxy) is 1. The number of carbonyl (C=O) groups is 1. The Bertz CT molecular complexity index is 1360. The number of anilines is 3. The quantitative estimate of drug-likeness (QED) is 0.313. The molecule has 4 heterocycles. The Labute approximate surface area is 203 Å². The molecule has 8 nitrogen and oxygen atoms in total. The van der Waals surface area contributed by atoms with Gasteiger partial charge in [0.2, 0.25) is 0 Å². The molecule has 0 saturated carbocycles. The lowest BCUT2D eigenvalue weighted by atomic mass is 10.1. The third-order valence-corrected chi connectivity index (χ3v) is 6.06. The zero-order valence-electron chi connectivity index (χ0n) is 19.6. The van der Waals surface area contributed by atoms with Crippen LogP contribution < -0.4 is 19.3 Å². The van der Waals surface area contributed by atoms with Crippen LogP contribution >= 0.6 is 0 Å². The maximum Gasteiger partial charge on any atom is 0.261 e. The molecule has 0 spiro atoms. The summed E-state index contributed by atoms with van der Waals surface area (Å²) in [6.07, 6.45) is 7.09. The molecule has 1 aromatic carbocycles. The first-order valence-electron chi connectivity index (χ1n) is 11.5. The van der Waals surface area contributed by atoms with E-state index in [0.717, 1.165) is 38.7 Å². The van der Waals surface area contributed by atoms with Crippen molar-refractivity contribution < 1.29 is 14.3 Å². The van der Waals surface area contributed by atoms with E-state index >= 15 is 0 Å². The minimum atomic E-state index is -0.112. The highest BCUT2D eigenvalue weighted by atomic mass is 16.5. The highest BCUT2D eigenvalue weighted by molar-refractivity contribution is 6.12. The highest BCUT2D eigenvalue weighted by Crippen LogP contribution is 2.37. The summed E-state index contributed by atoms with van der Waals surface area (Å²) in [5, 5.41) is 11.2. The van der Waals surface area contributed by atoms with Gasteiger partial charge in [0.25, 0.3) is 5.91 Å². The first-order valence-corrected chi connectivity index (χ1v) is 11.5. The van der Waals surface area contributed by atoms with Gasteiger partial charge in [0, 0.05) is 44.5 Å². The van der Waals surface area contributed by atoms with Crippen LogP contribution in [-0.2, 0) is 6.42 Å². The minimum Gasteiger partial charge on any atom is -0.619 e. The molecular formula is C27H25N5O3. The van der Waals surface area contributed by atoms with Gasteiger partial charge < -0.3 is 19.7 Å². The first kappa shape index (κ1) is 22.3. The van der Waals surface area contributed by atoms with Gasteiger partial charge in [-0.3, -0.25) is 4.79 Å². The van der Waals surface area contributed by atoms with Crippen molar-refractivity contribution in [3.8, 4) is 16.9 Å². The third kappa shape index (κ3) is 4.38. The molecular weight excluding hydrogens is 442 g/mol. The smallest absolute Gasteiger partial charge is 0.261 e. The molecule has 8 heteroatoms. The van der Waals surface area contributed by atoms with Gasteiger partial charge in [0.1, 0.15) is 11.6 Å². The van der Waals surface area contributed by atoms with Gasteiger partial charge in [-0.2, -0.15) is 4.73 Å². The van der Waals surface area contributed by atoms with Crippen LogP contribution in [0.1, 0.15) is 22.8 Å². The Hall–Kier alpha value is -4.46. The summed E-state index contributed by atoms with van der Waals surface area (Å²) in [6, 6.07) is 16.9. The molecule has 3 aromatic heterocycles. The Kier molecular flexibility index (Phi) is 6.01. The van der Waals surface area contributed by atoms with Crippen LogP contribution in [0.2, 0.25) is 0 Å². The molecule has 0 atom stereocenters. The standard InChI is InChI=1S/C27H25N5O3/c1-3-32-25-23(27(33)30(2)24-5-4-13-28-26(24)32)17-19(18-29-25)12-16-35-22-8-6-20(7-9-22)21-10-14-31(34)15-11-21/h4-11,13-15,17-18H,3,12,16H2,1-2H3. The second-order valence-corrected chi connectivity index (χ2v) is 8.24. The van der Waals surface area contributed by atoms with E-state index < -0.39 is 0 Å². The second kappa shape index (κ2) is 9.42. The number of fused-ring (bicyclic) bond motifs is 2. The second-order valence-electron chi connectivity index (χ2n) is 8.24. The number of amides is 1. The van der Waals surface area contributed by atoms with E-state index in [1.54, 1.807) is 36.5 Å². The number of aromatic nitrogens is 3. The Morgan fingerprint density at radius 1 is 1.00 bits per heavy atom. The molecule has 0 fully saturated rings. The SMILES string of the molecule is CCN1c2ncc(CCOc3ccc(-c4cc[n+]([O-])cc4)cc3)cc2C(=O)N(C)c2cccnc21. The molecule has 0 saturated heterocycles. The zero-order chi connectivity index (χ0) is 24.4. The van der Waals surface area contributed by atoms with Crippen molar-refractivity contribution in [2.75, 3.05) is 30.0 Å². The summed E-state index contributed by atoms with van der Waals surface area (Å²) in [5.41, 5.74) is 4.21. The number of benzene rings is 1. The van der Waals surface area contributed by atoms with Gasteiger partial charge in [-0.25, -0.2) is 9.97 Å². The van der Waals surface area contributed by atoms with E-state index in [9.17, 15) is 10.0 Å². The van der Waals surface area contributed by atoms with E-state index in [4.69, 9.17) is 4.74 Å². The van der Waals surface area contributed by atoms with Gasteiger partial charge in [-0.1, -0.05) is 12.1 Å². The number of nitrogens with zero attached hydrogens (tertiary/aromatic N) is 5. The number of rotatable bonds is 6. The molecule has 0 unspecified atom stereocenters. The summed E-state index contributed by atoms with van der Waals surface area (Å²) >= 11 is 0. The normalized spacial score (nSPS) is 12.7. The molecule has 0 bridgehead atoms. The van der Waals surface area contributed by atoms with Crippen molar-refractivity contribution in [3.05, 3.63) is 95.7 Å². The number of hydrogen-bond donors (Lipinski definition) is 0. The number of carbonyl (C=O) groups excluding carboxylic acids is 1. The van der Waals surface area contributed by atoms with Crippen molar-refractivity contribution in [1.82, 2.24) is 9.97 Å². The van der Waals surface area contributed by atoms with Crippen LogP contribution in [-0.4, -0.2) is 36.1 Å². The lowest BCUT2D eigenvalue weighted by Crippen LogP contribution is -2.25. The molecule has 4 aromatic rings. The molecule has 5 rings (SSSR count). The maximum absolute atomic E-state index is 13.3. The lowest BCUT2D eigenvalue weighted by molar-refractivity contribution is -0.605. The maximum atomic E-state index is 13.3. The first-order chi connectivity index (χ1) is 17.0. The summed E-state index contributed by atoms with van der Waals surface area (Å²) in [4.78, 5) is 26.0. The van der Waals surface area contributed by atoms with Crippen LogP contribution in [0.3, 0.4) is 0 Å². The topological polar surface area (TPSA) is 85.5 Å². The monoisotopic (exact) mass is 467 g/mol. The van der Waals surface area contributed by atoms with E-state index in [2.05, 4.69) is 9.97 Å². The summed E-state index contributed by atoms with van der Waals surface area (Å²) in [7, 11) is 1.76. The average molecular weight is 468 g/mol. The Balaban J connectivity index is 1.29. The molecule has 176 valence electrons. The van der Waals surface area contributed by atoms with Crippen molar-refractivity contribution in [2.45, 2.75) is 13.3 Å². The predicted octanol–water partition coefficient (Wildman–Crippen LogP) is 4.15. The summed E-state index contributed by atoms with van der Waals surface area (Å²) in [6.45, 7) is 3.11. The van der Waals surface area contributed by atoms with Gasteiger partial charge in [0.05, 0.1) is 17.9 Å². The molecule has 1 amide bonds. The fourth-order valence-corrected chi connectivity index (χ4v) is 4.19. The van der Waals surface area contributed by atoms with Gasteiger partial charge >= 0.3 is 0 Å². The predicted molar refractivity (Wildman–Crippen MR) is 134 cm³/mol. The lowest BCUT2D eigenvalue weighted by Gasteiger charge is -2.22. The zero-order valence-corrected chi connectivity index (χ0v) is 19.6. The largest absolute Gasteiger partial charge is 0.619 e. The fourth-order valence-electron chi connectivity index (χ4n) is 4.19. The molecule has 0 aliphatic carbocycles. The van der Waals surface area contributed by atoms with Crippen LogP contribution in [0.15, 0.2) is 79.4 Å². The van der Waals surface area contributed by atoms with Crippen molar-refractivity contribution in [1.29, 1.82) is 0 Å². The average Bonchev–Trinajstić information content (AvgIpc) is 2.98. The van der Waals surface area contributed by atoms with Crippen molar-refractivity contribution >= 4 is 23.2 Å². The van der Waals surface area contributed by atoms with E-state index in [1.165, 1.54) is 12.4 Å². The van der Waals surface area contributed by atoms with E-state index in [-0.39, 0.29) is 5.91 Å². The van der Waals surface area contributed by atoms with Crippen molar-refractivity contribution in [3.63, 3.8) is 0 Å². The number of pyridine rings is 3. The molecule has 35 heavy (non-hydrogen) atoms. The fraction of sp³-hybridized carbons (Fsp3) is 0.185. The van der Waals surface area contributed by atoms with E-state index in [1.807, 2.05) is 54.3 Å². The molecule has 1 aliphatic heterocycles. The molecule has 1 aliphatic rings. The van der Waals surface area contributed by atoms with Crippen LogP contribution in [0, 0.1) is 5.21 Å². The van der Waals surface area contributed by atoms with Crippen LogP contribution in [0.25, 0.3) is 11.1 Å². The van der Waals surface area contributed by atoms with E-state index in [0.29, 0.717) is 31.0 Å². The molecule has 0 N–H and O–H groups in total. The van der Waals surface area contributed by atoms with Gasteiger partial charge in [-0.05, 0) is 53.9 Å². The Morgan fingerprint density at radius 2 is 1.74 bits per heavy atom. The summed E-state index contributed by atoms with van der Waals surface area (Å²) < 4.78 is 6.70. The highest BCUT2D eigenvalue weighted by Gasteiger charge is 2.30. The van der Waals surface area contributed by atoms with Crippen LogP contribution in [0.5, 0.6) is 5.75 Å². The molecule has 0 radical (unpaired) electrons. The number of hydrogen-bond acceptors (Lipinski definition) is 6. The van der Waals surface area contributed by atoms with Crippen LogP contribution in [0.4, 0.5) is 17.3 Å². The van der Waals surface area contributed by atoms with Gasteiger partial charge in [-0.15, -0.1) is 0 Å². The summed E-state index contributed by atoms with van der Waals surface area (Å²) in [5.74, 6) is 1.98. The Morgan fingerprint density at radius 3 is 2.49 bits per heavy atom. The third-order valence-electron chi connectivity index (χ3n) is 6.06. The minimum absolute atomic E-state index is 0.112. The van der Waals surface area contributed by atoms with Crippen molar-refractivity contribution in [2.24, 2.45) is 0 Å².